The van der Waals surface area contributed by atoms with E-state index in [1.54, 1.807) is 7.11 Å². The van der Waals surface area contributed by atoms with Crippen LogP contribution in [0.15, 0.2) is 73.4 Å². The van der Waals surface area contributed by atoms with Gasteiger partial charge in [-0.2, -0.15) is 0 Å². The van der Waals surface area contributed by atoms with Crippen molar-refractivity contribution < 1.29 is 26.7 Å². The molecule has 4 nitrogen and oxygen atoms in total. The third-order valence-electron chi connectivity index (χ3n) is 7.68. The number of piperidine rings is 3. The molecular weight excluding hydrogens is 420 g/mol. The van der Waals surface area contributed by atoms with Gasteiger partial charge >= 0.3 is 0 Å². The molecule has 1 N–H and O–H groups in total. The molecule has 0 saturated carbocycles. The van der Waals surface area contributed by atoms with Gasteiger partial charge in [0.05, 0.1) is 25.7 Å². The lowest BCUT2D eigenvalue weighted by atomic mass is 9.71. The average Bonchev–Trinajstić information content (AvgIpc) is 2.83. The lowest BCUT2D eigenvalue weighted by Gasteiger charge is -2.58. The number of methoxy groups -OCH3 is 1. The second-order valence-electron chi connectivity index (χ2n) is 9.25. The number of benzene rings is 2. The van der Waals surface area contributed by atoms with E-state index in [0.717, 1.165) is 52.8 Å². The van der Waals surface area contributed by atoms with Crippen molar-refractivity contribution in [2.24, 2.45) is 11.8 Å². The molecule has 3 aliphatic heterocycles. The summed E-state index contributed by atoms with van der Waals surface area (Å²) in [6.45, 7) is 7.25. The summed E-state index contributed by atoms with van der Waals surface area (Å²) in [5, 5.41) is 12.8. The van der Waals surface area contributed by atoms with Crippen LogP contribution in [-0.2, 0) is 6.54 Å². The first kappa shape index (κ1) is 22.8. The van der Waals surface area contributed by atoms with Crippen molar-refractivity contribution in [3.8, 4) is 5.75 Å². The zero-order valence-corrected chi connectivity index (χ0v) is 19.3. The third kappa shape index (κ3) is 3.92. The van der Waals surface area contributed by atoms with E-state index >= 15 is 0 Å². The second-order valence-corrected chi connectivity index (χ2v) is 9.25. The molecule has 3 saturated heterocycles. The Labute approximate surface area is 196 Å². The number of rotatable bonds is 6. The highest BCUT2D eigenvalue weighted by Gasteiger charge is 2.53. The lowest BCUT2D eigenvalue weighted by Crippen LogP contribution is -3.00. The van der Waals surface area contributed by atoms with Crippen LogP contribution in [-0.4, -0.2) is 40.8 Å². The van der Waals surface area contributed by atoms with Gasteiger partial charge in [0.25, 0.3) is 0 Å². The van der Waals surface area contributed by atoms with Crippen LogP contribution in [0.1, 0.15) is 30.1 Å². The highest BCUT2D eigenvalue weighted by Crippen LogP contribution is 2.48. The minimum atomic E-state index is -0.546. The van der Waals surface area contributed by atoms with E-state index < -0.39 is 6.10 Å². The van der Waals surface area contributed by atoms with Crippen molar-refractivity contribution in [1.29, 1.82) is 0 Å². The van der Waals surface area contributed by atoms with E-state index in [9.17, 15) is 5.11 Å². The van der Waals surface area contributed by atoms with Gasteiger partial charge in [-0.15, -0.1) is 6.58 Å². The van der Waals surface area contributed by atoms with Crippen LogP contribution < -0.4 is 17.1 Å². The predicted molar refractivity (Wildman–Crippen MR) is 124 cm³/mol. The molecule has 32 heavy (non-hydrogen) atoms. The van der Waals surface area contributed by atoms with Gasteiger partial charge in [0.1, 0.15) is 24.4 Å². The number of pyridine rings is 1. The molecule has 0 aliphatic carbocycles. The molecule has 5 atom stereocenters. The average molecular weight is 451 g/mol. The standard InChI is InChI=1S/C27H31N2O2.ClH/c1-3-20-18-29(17-19-7-5-4-6-8-19)14-12-21(20)15-26(29)27(30)23-11-13-28-25-10-9-22(31-2)16-24(23)25;/h3-11,13,16,20-21,26-27,30H,1,12,14-15,17-18H2,2H3;1H/q+1;/p-1/t20?,21?,26?,27?,29-;/m0./s1. The summed E-state index contributed by atoms with van der Waals surface area (Å²) in [4.78, 5) is 4.52. The number of hydrogen-bond donors (Lipinski definition) is 1. The Morgan fingerprint density at radius 2 is 2.03 bits per heavy atom. The first-order valence-corrected chi connectivity index (χ1v) is 11.3. The highest BCUT2D eigenvalue weighted by molar-refractivity contribution is 5.83. The lowest BCUT2D eigenvalue weighted by molar-refractivity contribution is -0.984. The van der Waals surface area contributed by atoms with Gasteiger partial charge in [-0.3, -0.25) is 4.98 Å². The van der Waals surface area contributed by atoms with Crippen molar-refractivity contribution in [3.63, 3.8) is 0 Å². The first-order chi connectivity index (χ1) is 15.1. The monoisotopic (exact) mass is 450 g/mol. The predicted octanol–water partition coefficient (Wildman–Crippen LogP) is 1.89. The molecule has 2 bridgehead atoms. The number of hydrogen-bond acceptors (Lipinski definition) is 3. The van der Waals surface area contributed by atoms with Crippen LogP contribution in [0, 0.1) is 11.8 Å². The Kier molecular flexibility index (Phi) is 6.57. The number of aromatic nitrogens is 1. The summed E-state index contributed by atoms with van der Waals surface area (Å²) in [5.74, 6) is 1.92. The summed E-state index contributed by atoms with van der Waals surface area (Å²) in [6, 6.07) is 18.8. The maximum Gasteiger partial charge on any atom is 0.131 e. The summed E-state index contributed by atoms with van der Waals surface area (Å²) in [5.41, 5.74) is 3.19. The number of aliphatic hydroxyl groups excluding tert-OH is 1. The number of halogens is 1. The number of aliphatic hydroxyl groups is 1. The molecule has 6 rings (SSSR count). The van der Waals surface area contributed by atoms with E-state index in [0.29, 0.717) is 11.8 Å². The minimum Gasteiger partial charge on any atom is -1.00 e. The van der Waals surface area contributed by atoms with Gasteiger partial charge in [-0.1, -0.05) is 36.4 Å². The van der Waals surface area contributed by atoms with Crippen LogP contribution in [0.5, 0.6) is 5.75 Å². The Bertz CT molecular complexity index is 1090. The van der Waals surface area contributed by atoms with Crippen LogP contribution >= 0.6 is 0 Å². The number of nitrogens with zero attached hydrogens (tertiary/aromatic N) is 2. The largest absolute Gasteiger partial charge is 1.00 e. The molecule has 4 unspecified atom stereocenters. The number of ether oxygens (including phenoxy) is 1. The fourth-order valence-electron chi connectivity index (χ4n) is 6.07. The zero-order valence-electron chi connectivity index (χ0n) is 18.5. The molecule has 0 radical (unpaired) electrons. The molecule has 5 heteroatoms. The van der Waals surface area contributed by atoms with E-state index in [4.69, 9.17) is 4.74 Å². The van der Waals surface area contributed by atoms with Gasteiger partial charge in [-0.05, 0) is 35.7 Å². The fraction of sp³-hybridized carbons (Fsp3) is 0.370. The third-order valence-corrected chi connectivity index (χ3v) is 7.68. The highest BCUT2D eigenvalue weighted by atomic mass is 35.5. The molecule has 3 fully saturated rings. The van der Waals surface area contributed by atoms with Crippen molar-refractivity contribution in [3.05, 3.63) is 84.6 Å². The van der Waals surface area contributed by atoms with Gasteiger partial charge in [0, 0.05) is 35.9 Å². The number of quaternary nitrogens is 1. The van der Waals surface area contributed by atoms with Crippen molar-refractivity contribution >= 4 is 10.9 Å². The number of fused-ring (bicyclic) bond motifs is 4. The summed E-state index contributed by atoms with van der Waals surface area (Å²) >= 11 is 0. The zero-order chi connectivity index (χ0) is 21.4. The van der Waals surface area contributed by atoms with Crippen LogP contribution in [0.25, 0.3) is 10.9 Å². The van der Waals surface area contributed by atoms with Gasteiger partial charge < -0.3 is 26.7 Å². The molecule has 4 heterocycles. The Hall–Kier alpha value is -2.40. The van der Waals surface area contributed by atoms with E-state index in [-0.39, 0.29) is 18.4 Å². The van der Waals surface area contributed by atoms with Gasteiger partial charge in [0.2, 0.25) is 0 Å². The van der Waals surface area contributed by atoms with E-state index in [1.165, 1.54) is 12.0 Å². The maximum absolute atomic E-state index is 11.8. The Morgan fingerprint density at radius 3 is 2.78 bits per heavy atom. The van der Waals surface area contributed by atoms with Crippen molar-refractivity contribution in [1.82, 2.24) is 4.98 Å². The van der Waals surface area contributed by atoms with Crippen LogP contribution in [0.4, 0.5) is 0 Å². The Balaban J connectivity index is 0.00000245. The smallest absolute Gasteiger partial charge is 0.131 e. The SMILES string of the molecule is C=CC1C[N@@+]2(Cc3ccccc3)CCC1CC2C(O)c1ccnc2ccc(OC)cc12.[Cl-]. The molecule has 0 amide bonds. The quantitative estimate of drug-likeness (QED) is 0.460. The molecule has 0 spiro atoms. The van der Waals surface area contributed by atoms with Crippen LogP contribution in [0.2, 0.25) is 0 Å². The molecule has 2 aromatic carbocycles. The molecule has 1 aromatic heterocycles. The first-order valence-electron chi connectivity index (χ1n) is 11.3. The van der Waals surface area contributed by atoms with Gasteiger partial charge in [0.15, 0.2) is 0 Å². The van der Waals surface area contributed by atoms with Crippen molar-refractivity contribution in [2.45, 2.75) is 31.5 Å². The normalized spacial score (nSPS) is 27.5. The van der Waals surface area contributed by atoms with Gasteiger partial charge in [-0.25, -0.2) is 0 Å². The Morgan fingerprint density at radius 1 is 1.22 bits per heavy atom. The minimum absolute atomic E-state index is 0. The van der Waals surface area contributed by atoms with Crippen molar-refractivity contribution in [2.75, 3.05) is 20.2 Å². The fourth-order valence-corrected chi connectivity index (χ4v) is 6.07. The van der Waals surface area contributed by atoms with E-state index in [1.807, 2.05) is 30.5 Å². The van der Waals surface area contributed by atoms with Crippen LogP contribution in [0.3, 0.4) is 0 Å². The molecule has 3 aliphatic rings. The summed E-state index contributed by atoms with van der Waals surface area (Å²) in [7, 11) is 1.68. The topological polar surface area (TPSA) is 42.4 Å². The van der Waals surface area contributed by atoms with E-state index in [2.05, 4.69) is 48.0 Å². The molecule has 168 valence electrons. The summed E-state index contributed by atoms with van der Waals surface area (Å²) in [6.07, 6.45) is 5.65. The molecular formula is C27H31ClN2O2. The maximum atomic E-state index is 11.8. The second kappa shape index (κ2) is 9.22. The molecule has 3 aromatic rings. The summed E-state index contributed by atoms with van der Waals surface area (Å²) < 4.78 is 6.38.